The molecule has 0 radical (unpaired) electrons. The fourth-order valence-electron chi connectivity index (χ4n) is 3.93. The number of nitrogens with zero attached hydrogens (tertiary/aromatic N) is 4. The highest BCUT2D eigenvalue weighted by Crippen LogP contribution is 2.23. The number of halogens is 2. The number of carbonyl (C=O) groups excluding carboxylic acids is 2. The van der Waals surface area contributed by atoms with E-state index in [1.807, 2.05) is 23.1 Å². The smallest absolute Gasteiger partial charge is 0.319 e. The molecule has 3 aromatic rings. The molecule has 11 heteroatoms. The predicted molar refractivity (Wildman–Crippen MR) is 135 cm³/mol. The molecule has 1 aliphatic heterocycles. The summed E-state index contributed by atoms with van der Waals surface area (Å²) in [5.74, 6) is -0.575. The summed E-state index contributed by atoms with van der Waals surface area (Å²) in [7, 11) is 1.38. The Hall–Kier alpha value is -3.14. The van der Waals surface area contributed by atoms with Crippen LogP contribution in [0.4, 0.5) is 5.69 Å². The molecule has 2 aromatic carbocycles. The largest absolute Gasteiger partial charge is 0.468 e. The average Bonchev–Trinajstić information content (AvgIpc) is 2.86. The Labute approximate surface area is 212 Å². The predicted octanol–water partition coefficient (Wildman–Crippen LogP) is 2.31. The average molecular weight is 518 g/mol. The van der Waals surface area contributed by atoms with Crippen LogP contribution in [0, 0.1) is 0 Å². The van der Waals surface area contributed by atoms with Gasteiger partial charge >= 0.3 is 5.97 Å². The van der Waals surface area contributed by atoms with Gasteiger partial charge in [0.25, 0.3) is 5.56 Å². The number of anilines is 1. The first-order valence-corrected chi connectivity index (χ1v) is 11.8. The van der Waals surface area contributed by atoms with Gasteiger partial charge in [0.2, 0.25) is 5.91 Å². The number of ether oxygens (including phenoxy) is 1. The van der Waals surface area contributed by atoms with Gasteiger partial charge in [-0.15, -0.1) is 0 Å². The van der Waals surface area contributed by atoms with Crippen LogP contribution in [0.25, 0.3) is 10.9 Å². The standard InChI is InChI=1S/C24H25Cl2N5O4/c1-35-23(33)14-29-6-8-30(9-7-29)17-3-5-21-18(11-17)24(34)31(15-28-21)13-22(32)27-12-16-2-4-19(25)20(26)10-16/h2-5,10-11,15H,6-9,12-14H2,1H3,(H,27,32). The summed E-state index contributed by atoms with van der Waals surface area (Å²) in [4.78, 5) is 45.6. The minimum atomic E-state index is -0.322. The van der Waals surface area contributed by atoms with Gasteiger partial charge in [-0.3, -0.25) is 23.9 Å². The number of rotatable bonds is 7. The Kier molecular flexibility index (Phi) is 7.90. The van der Waals surface area contributed by atoms with Gasteiger partial charge < -0.3 is 15.0 Å². The zero-order valence-electron chi connectivity index (χ0n) is 19.2. The molecule has 0 unspecified atom stereocenters. The number of esters is 1. The number of methoxy groups -OCH3 is 1. The van der Waals surface area contributed by atoms with Gasteiger partial charge in [-0.05, 0) is 35.9 Å². The van der Waals surface area contributed by atoms with Gasteiger partial charge in [-0.2, -0.15) is 0 Å². The minimum Gasteiger partial charge on any atom is -0.468 e. The van der Waals surface area contributed by atoms with Crippen molar-refractivity contribution in [1.82, 2.24) is 19.8 Å². The Morgan fingerprint density at radius 3 is 2.51 bits per heavy atom. The highest BCUT2D eigenvalue weighted by atomic mass is 35.5. The summed E-state index contributed by atoms with van der Waals surface area (Å²) in [5.41, 5.74) is 1.98. The molecular formula is C24H25Cl2N5O4. The molecule has 184 valence electrons. The van der Waals surface area contributed by atoms with E-state index >= 15 is 0 Å². The lowest BCUT2D eigenvalue weighted by Gasteiger charge is -2.35. The van der Waals surface area contributed by atoms with Gasteiger partial charge in [0.15, 0.2) is 0 Å². The fourth-order valence-corrected chi connectivity index (χ4v) is 4.25. The maximum atomic E-state index is 13.1. The Bertz CT molecular complexity index is 1300. The third kappa shape index (κ3) is 6.11. The van der Waals surface area contributed by atoms with Crippen LogP contribution in [0.15, 0.2) is 47.5 Å². The minimum absolute atomic E-state index is 0.153. The molecule has 1 fully saturated rings. The second-order valence-electron chi connectivity index (χ2n) is 8.24. The summed E-state index contributed by atoms with van der Waals surface area (Å²) in [6.45, 7) is 3.23. The van der Waals surface area contributed by atoms with E-state index in [1.165, 1.54) is 18.0 Å². The molecule has 2 heterocycles. The SMILES string of the molecule is COC(=O)CN1CCN(c2ccc3ncn(CC(=O)NCc4ccc(Cl)c(Cl)c4)c(=O)c3c2)CC1. The van der Waals surface area contributed by atoms with Crippen molar-refractivity contribution in [3.63, 3.8) is 0 Å². The van der Waals surface area contributed by atoms with E-state index in [2.05, 4.69) is 15.2 Å². The molecule has 1 saturated heterocycles. The van der Waals surface area contributed by atoms with Crippen LogP contribution in [-0.4, -0.2) is 66.2 Å². The molecule has 0 saturated carbocycles. The van der Waals surface area contributed by atoms with E-state index in [4.69, 9.17) is 27.9 Å². The van der Waals surface area contributed by atoms with Gasteiger partial charge in [0, 0.05) is 38.4 Å². The molecule has 1 aliphatic rings. The van der Waals surface area contributed by atoms with Crippen LogP contribution in [-0.2, 0) is 27.4 Å². The third-order valence-electron chi connectivity index (χ3n) is 5.91. The van der Waals surface area contributed by atoms with E-state index in [-0.39, 0.29) is 37.1 Å². The van der Waals surface area contributed by atoms with E-state index in [0.29, 0.717) is 47.1 Å². The van der Waals surface area contributed by atoms with E-state index in [0.717, 1.165) is 11.3 Å². The van der Waals surface area contributed by atoms with Crippen LogP contribution < -0.4 is 15.8 Å². The number of piperazine rings is 1. The lowest BCUT2D eigenvalue weighted by atomic mass is 10.2. The van der Waals surface area contributed by atoms with Crippen LogP contribution >= 0.6 is 23.2 Å². The molecule has 1 aromatic heterocycles. The summed E-state index contributed by atoms with van der Waals surface area (Å²) >= 11 is 11.9. The van der Waals surface area contributed by atoms with E-state index in [1.54, 1.807) is 18.2 Å². The number of amides is 1. The number of aromatic nitrogens is 2. The number of carbonyl (C=O) groups is 2. The van der Waals surface area contributed by atoms with Crippen molar-refractivity contribution in [2.24, 2.45) is 0 Å². The molecule has 4 rings (SSSR count). The van der Waals surface area contributed by atoms with Crippen molar-refractivity contribution in [1.29, 1.82) is 0 Å². The quantitative estimate of drug-likeness (QED) is 0.480. The third-order valence-corrected chi connectivity index (χ3v) is 6.65. The fraction of sp³-hybridized carbons (Fsp3) is 0.333. The van der Waals surface area contributed by atoms with Crippen LogP contribution in [0.1, 0.15) is 5.56 Å². The lowest BCUT2D eigenvalue weighted by Crippen LogP contribution is -2.48. The molecule has 1 amide bonds. The number of hydrogen-bond acceptors (Lipinski definition) is 7. The van der Waals surface area contributed by atoms with Gasteiger partial charge in [0.1, 0.15) is 6.54 Å². The van der Waals surface area contributed by atoms with Gasteiger partial charge in [-0.25, -0.2) is 4.98 Å². The summed E-state index contributed by atoms with van der Waals surface area (Å²) in [6.07, 6.45) is 1.38. The first kappa shape index (κ1) is 25.0. The monoisotopic (exact) mass is 517 g/mol. The zero-order valence-corrected chi connectivity index (χ0v) is 20.7. The zero-order chi connectivity index (χ0) is 24.9. The number of nitrogens with one attached hydrogen (secondary N) is 1. The van der Waals surface area contributed by atoms with Gasteiger partial charge in [0.05, 0.1) is 40.9 Å². The first-order chi connectivity index (χ1) is 16.8. The number of benzene rings is 2. The molecule has 0 atom stereocenters. The van der Waals surface area contributed by atoms with Crippen molar-refractivity contribution in [3.8, 4) is 0 Å². The molecule has 9 nitrogen and oxygen atoms in total. The van der Waals surface area contributed by atoms with E-state index in [9.17, 15) is 14.4 Å². The Morgan fingerprint density at radius 2 is 1.80 bits per heavy atom. The van der Waals surface area contributed by atoms with E-state index < -0.39 is 0 Å². The van der Waals surface area contributed by atoms with Crippen LogP contribution in [0.2, 0.25) is 10.0 Å². The van der Waals surface area contributed by atoms with Crippen molar-refractivity contribution in [3.05, 3.63) is 68.7 Å². The second-order valence-corrected chi connectivity index (χ2v) is 9.06. The number of hydrogen-bond donors (Lipinski definition) is 1. The van der Waals surface area contributed by atoms with Crippen molar-refractivity contribution < 1.29 is 14.3 Å². The number of fused-ring (bicyclic) bond motifs is 1. The van der Waals surface area contributed by atoms with Gasteiger partial charge in [-0.1, -0.05) is 29.3 Å². The second kappa shape index (κ2) is 11.1. The van der Waals surface area contributed by atoms with Crippen LogP contribution in [0.3, 0.4) is 0 Å². The molecule has 35 heavy (non-hydrogen) atoms. The molecule has 0 bridgehead atoms. The molecule has 0 aliphatic carbocycles. The summed E-state index contributed by atoms with van der Waals surface area (Å²) in [6, 6.07) is 10.7. The normalized spacial score (nSPS) is 14.2. The highest BCUT2D eigenvalue weighted by molar-refractivity contribution is 6.42. The summed E-state index contributed by atoms with van der Waals surface area (Å²) < 4.78 is 6.03. The maximum Gasteiger partial charge on any atom is 0.319 e. The first-order valence-electron chi connectivity index (χ1n) is 11.1. The van der Waals surface area contributed by atoms with Crippen molar-refractivity contribution >= 4 is 51.7 Å². The van der Waals surface area contributed by atoms with Crippen LogP contribution in [0.5, 0.6) is 0 Å². The topological polar surface area (TPSA) is 96.8 Å². The Balaban J connectivity index is 1.42. The molecular weight excluding hydrogens is 493 g/mol. The molecule has 0 spiro atoms. The van der Waals surface area contributed by atoms with Crippen molar-refractivity contribution in [2.45, 2.75) is 13.1 Å². The lowest BCUT2D eigenvalue weighted by molar-refractivity contribution is -0.142. The van der Waals surface area contributed by atoms with Crippen molar-refractivity contribution in [2.75, 3.05) is 44.7 Å². The Morgan fingerprint density at radius 1 is 1.03 bits per heavy atom. The highest BCUT2D eigenvalue weighted by Gasteiger charge is 2.20. The maximum absolute atomic E-state index is 13.1. The molecule has 1 N–H and O–H groups in total. The summed E-state index contributed by atoms with van der Waals surface area (Å²) in [5, 5.41) is 4.08.